The number of carbonyl (C=O) groups is 1. The standard InChI is InChI=1S/C11H17N3O4S/c1-7-3-4-14(9(5-7)11(15)16)19(17,18)10-6-12-8(2)13-10/h6-7,9H,3-5H2,1-2H3,(H,12,13)(H,15,16). The van der Waals surface area contributed by atoms with Crippen molar-refractivity contribution in [2.45, 2.75) is 37.8 Å². The SMILES string of the molecule is Cc1ncc(S(=O)(=O)N2CCC(C)CC2C(=O)O)[nH]1. The number of aryl methyl sites for hydroxylation is 1. The fraction of sp³-hybridized carbons (Fsp3) is 0.636. The fourth-order valence-electron chi connectivity index (χ4n) is 2.29. The molecule has 0 amide bonds. The summed E-state index contributed by atoms with van der Waals surface area (Å²) in [6.45, 7) is 3.80. The van der Waals surface area contributed by atoms with Gasteiger partial charge in [-0.05, 0) is 25.7 Å². The number of hydrogen-bond donors (Lipinski definition) is 2. The van der Waals surface area contributed by atoms with Crippen LogP contribution in [0.3, 0.4) is 0 Å². The average Bonchev–Trinajstić information content (AvgIpc) is 2.76. The summed E-state index contributed by atoms with van der Waals surface area (Å²) in [4.78, 5) is 17.8. The number of rotatable bonds is 3. The Morgan fingerprint density at radius 2 is 2.26 bits per heavy atom. The van der Waals surface area contributed by atoms with Gasteiger partial charge in [0.2, 0.25) is 0 Å². The second-order valence-electron chi connectivity index (χ2n) is 4.93. The van der Waals surface area contributed by atoms with Crippen LogP contribution in [0.15, 0.2) is 11.2 Å². The van der Waals surface area contributed by atoms with E-state index in [1.54, 1.807) is 6.92 Å². The quantitative estimate of drug-likeness (QED) is 0.847. The summed E-state index contributed by atoms with van der Waals surface area (Å²) in [7, 11) is -3.82. The Labute approximate surface area is 111 Å². The Kier molecular flexibility index (Phi) is 3.64. The number of aromatic nitrogens is 2. The molecule has 2 rings (SSSR count). The number of aromatic amines is 1. The van der Waals surface area contributed by atoms with Gasteiger partial charge in [0.25, 0.3) is 10.0 Å². The van der Waals surface area contributed by atoms with E-state index in [0.29, 0.717) is 18.7 Å². The molecule has 1 saturated heterocycles. The van der Waals surface area contributed by atoms with Gasteiger partial charge in [-0.2, -0.15) is 4.31 Å². The molecular weight excluding hydrogens is 270 g/mol. The van der Waals surface area contributed by atoms with Crippen LogP contribution in [0, 0.1) is 12.8 Å². The molecular formula is C11H17N3O4S. The molecule has 0 bridgehead atoms. The molecule has 2 heterocycles. The van der Waals surface area contributed by atoms with E-state index in [1.165, 1.54) is 6.20 Å². The minimum Gasteiger partial charge on any atom is -0.480 e. The molecule has 1 aromatic heterocycles. The summed E-state index contributed by atoms with van der Waals surface area (Å²) in [5.74, 6) is -0.418. The lowest BCUT2D eigenvalue weighted by Crippen LogP contribution is -2.49. The summed E-state index contributed by atoms with van der Waals surface area (Å²) in [5.41, 5.74) is 0. The minimum atomic E-state index is -3.82. The van der Waals surface area contributed by atoms with Crippen molar-refractivity contribution in [2.75, 3.05) is 6.54 Å². The van der Waals surface area contributed by atoms with Crippen molar-refractivity contribution in [3.05, 3.63) is 12.0 Å². The van der Waals surface area contributed by atoms with Crippen molar-refractivity contribution >= 4 is 16.0 Å². The number of piperidine rings is 1. The molecule has 2 atom stereocenters. The summed E-state index contributed by atoms with van der Waals surface area (Å²) in [5, 5.41) is 9.16. The zero-order chi connectivity index (χ0) is 14.2. The van der Waals surface area contributed by atoms with Crippen molar-refractivity contribution < 1.29 is 18.3 Å². The van der Waals surface area contributed by atoms with Crippen molar-refractivity contribution in [2.24, 2.45) is 5.92 Å². The van der Waals surface area contributed by atoms with Crippen molar-refractivity contribution in [1.82, 2.24) is 14.3 Å². The molecule has 0 aromatic carbocycles. The molecule has 0 saturated carbocycles. The molecule has 8 heteroatoms. The van der Waals surface area contributed by atoms with E-state index < -0.39 is 22.0 Å². The Bertz CT molecular complexity index is 581. The molecule has 106 valence electrons. The minimum absolute atomic E-state index is 0.0502. The lowest BCUT2D eigenvalue weighted by Gasteiger charge is -2.34. The second-order valence-corrected chi connectivity index (χ2v) is 6.79. The third-order valence-corrected chi connectivity index (χ3v) is 5.18. The first-order valence-electron chi connectivity index (χ1n) is 6.08. The Hall–Kier alpha value is -1.41. The summed E-state index contributed by atoms with van der Waals surface area (Å²) in [6, 6.07) is -1.00. The number of H-pyrrole nitrogens is 1. The van der Waals surface area contributed by atoms with E-state index in [1.807, 2.05) is 6.92 Å². The molecule has 0 spiro atoms. The summed E-state index contributed by atoms with van der Waals surface area (Å²) >= 11 is 0. The van der Waals surface area contributed by atoms with Crippen LogP contribution in [-0.2, 0) is 14.8 Å². The topological polar surface area (TPSA) is 103 Å². The highest BCUT2D eigenvalue weighted by molar-refractivity contribution is 7.89. The maximum Gasteiger partial charge on any atom is 0.322 e. The number of carboxylic acid groups (broad SMARTS) is 1. The molecule has 0 radical (unpaired) electrons. The van der Waals surface area contributed by atoms with E-state index in [9.17, 15) is 18.3 Å². The third kappa shape index (κ3) is 2.64. The van der Waals surface area contributed by atoms with Crippen molar-refractivity contribution in [3.8, 4) is 0 Å². The van der Waals surface area contributed by atoms with Crippen molar-refractivity contribution in [3.63, 3.8) is 0 Å². The molecule has 7 nitrogen and oxygen atoms in total. The number of nitrogens with zero attached hydrogens (tertiary/aromatic N) is 2. The molecule has 1 fully saturated rings. The van der Waals surface area contributed by atoms with Crippen LogP contribution >= 0.6 is 0 Å². The highest BCUT2D eigenvalue weighted by atomic mass is 32.2. The molecule has 2 N–H and O–H groups in total. The van der Waals surface area contributed by atoms with Crippen molar-refractivity contribution in [1.29, 1.82) is 0 Å². The number of aliphatic carboxylic acids is 1. The Morgan fingerprint density at radius 3 is 2.79 bits per heavy atom. The summed E-state index contributed by atoms with van der Waals surface area (Å²) < 4.78 is 25.9. The highest BCUT2D eigenvalue weighted by Gasteiger charge is 2.40. The van der Waals surface area contributed by atoms with Crippen LogP contribution in [0.25, 0.3) is 0 Å². The molecule has 1 aromatic rings. The zero-order valence-electron chi connectivity index (χ0n) is 10.8. The molecule has 19 heavy (non-hydrogen) atoms. The predicted octanol–water partition coefficient (Wildman–Crippen LogP) is 0.592. The Morgan fingerprint density at radius 1 is 1.58 bits per heavy atom. The van der Waals surface area contributed by atoms with E-state index in [0.717, 1.165) is 4.31 Å². The van der Waals surface area contributed by atoms with E-state index in [4.69, 9.17) is 0 Å². The van der Waals surface area contributed by atoms with Gasteiger partial charge in [0.15, 0.2) is 5.03 Å². The first-order valence-corrected chi connectivity index (χ1v) is 7.52. The lowest BCUT2D eigenvalue weighted by molar-refractivity contribution is -0.143. The monoisotopic (exact) mass is 287 g/mol. The molecule has 2 unspecified atom stereocenters. The van der Waals surface area contributed by atoms with Gasteiger partial charge in [0, 0.05) is 6.54 Å². The zero-order valence-corrected chi connectivity index (χ0v) is 11.6. The van der Waals surface area contributed by atoms with Gasteiger partial charge in [-0.25, -0.2) is 13.4 Å². The number of hydrogen-bond acceptors (Lipinski definition) is 4. The van der Waals surface area contributed by atoms with Crippen LogP contribution in [0.1, 0.15) is 25.6 Å². The normalized spacial score (nSPS) is 25.4. The van der Waals surface area contributed by atoms with Gasteiger partial charge in [-0.15, -0.1) is 0 Å². The first-order chi connectivity index (χ1) is 8.82. The van der Waals surface area contributed by atoms with Gasteiger partial charge in [-0.1, -0.05) is 6.92 Å². The highest BCUT2D eigenvalue weighted by Crippen LogP contribution is 2.27. The van der Waals surface area contributed by atoms with Crippen LogP contribution in [0.5, 0.6) is 0 Å². The van der Waals surface area contributed by atoms with Gasteiger partial charge in [-0.3, -0.25) is 4.79 Å². The summed E-state index contributed by atoms with van der Waals surface area (Å²) in [6.07, 6.45) is 2.22. The smallest absolute Gasteiger partial charge is 0.322 e. The number of imidazole rings is 1. The van der Waals surface area contributed by atoms with Crippen LogP contribution in [0.4, 0.5) is 0 Å². The Balaban J connectivity index is 2.35. The predicted molar refractivity (Wildman–Crippen MR) is 67.0 cm³/mol. The third-order valence-electron chi connectivity index (χ3n) is 3.37. The second kappa shape index (κ2) is 4.93. The van der Waals surface area contributed by atoms with Crippen LogP contribution < -0.4 is 0 Å². The number of sulfonamides is 1. The van der Waals surface area contributed by atoms with E-state index in [2.05, 4.69) is 9.97 Å². The van der Waals surface area contributed by atoms with E-state index in [-0.39, 0.29) is 17.5 Å². The van der Waals surface area contributed by atoms with Gasteiger partial charge in [0.1, 0.15) is 11.9 Å². The van der Waals surface area contributed by atoms with Gasteiger partial charge < -0.3 is 10.1 Å². The molecule has 1 aliphatic heterocycles. The number of carboxylic acids is 1. The van der Waals surface area contributed by atoms with Crippen LogP contribution in [-0.4, -0.2) is 46.4 Å². The van der Waals surface area contributed by atoms with Crippen LogP contribution in [0.2, 0.25) is 0 Å². The number of nitrogens with one attached hydrogen (secondary N) is 1. The first kappa shape index (κ1) is 14.0. The maximum absolute atomic E-state index is 12.4. The van der Waals surface area contributed by atoms with Gasteiger partial charge >= 0.3 is 5.97 Å². The largest absolute Gasteiger partial charge is 0.480 e. The molecule has 1 aliphatic rings. The fourth-order valence-corrected chi connectivity index (χ4v) is 3.86. The molecule has 0 aliphatic carbocycles. The van der Waals surface area contributed by atoms with Gasteiger partial charge in [0.05, 0.1) is 6.20 Å². The maximum atomic E-state index is 12.4. The average molecular weight is 287 g/mol. The van der Waals surface area contributed by atoms with E-state index >= 15 is 0 Å². The lowest BCUT2D eigenvalue weighted by atomic mass is 9.94.